The van der Waals surface area contributed by atoms with Gasteiger partial charge in [0.15, 0.2) is 0 Å². The molecule has 0 aliphatic carbocycles. The molecule has 1 amide bonds. The third-order valence-corrected chi connectivity index (χ3v) is 3.83. The lowest BCUT2D eigenvalue weighted by Crippen LogP contribution is -2.52. The monoisotopic (exact) mass is 299 g/mol. The quantitative estimate of drug-likeness (QED) is 0.919. The summed E-state index contributed by atoms with van der Waals surface area (Å²) in [5.74, 6) is -0.337. The highest BCUT2D eigenvalue weighted by atomic mass is 35.5. The van der Waals surface area contributed by atoms with Gasteiger partial charge in [-0.25, -0.2) is 4.39 Å². The van der Waals surface area contributed by atoms with Gasteiger partial charge >= 0.3 is 0 Å². The average Bonchev–Trinajstić information content (AvgIpc) is 2.42. The number of benzene rings is 1. The van der Waals surface area contributed by atoms with Crippen LogP contribution in [0.2, 0.25) is 5.02 Å². The van der Waals surface area contributed by atoms with Crippen molar-refractivity contribution >= 4 is 17.5 Å². The number of amides is 1. The summed E-state index contributed by atoms with van der Waals surface area (Å²) in [6.07, 6.45) is 0. The zero-order valence-electron chi connectivity index (χ0n) is 11.5. The molecule has 1 saturated heterocycles. The fourth-order valence-electron chi connectivity index (χ4n) is 2.31. The molecule has 1 heterocycles. The van der Waals surface area contributed by atoms with Crippen molar-refractivity contribution in [3.05, 3.63) is 34.6 Å². The standard InChI is InChI=1S/C14H19ClFN3O/c1-10(17)14(20)19-6-4-18(5-7-19)9-11-2-3-12(16)8-13(11)15/h2-3,8,10H,4-7,9,17H2,1H3/t10-/m1/s1. The number of hydrogen-bond donors (Lipinski definition) is 1. The summed E-state index contributed by atoms with van der Waals surface area (Å²) in [6, 6.07) is 3.99. The van der Waals surface area contributed by atoms with Gasteiger partial charge in [-0.05, 0) is 24.6 Å². The highest BCUT2D eigenvalue weighted by molar-refractivity contribution is 6.31. The Bertz CT molecular complexity index is 487. The molecule has 0 saturated carbocycles. The molecule has 0 spiro atoms. The van der Waals surface area contributed by atoms with Crippen LogP contribution in [0, 0.1) is 5.82 Å². The number of piperazine rings is 1. The molecule has 2 N–H and O–H groups in total. The predicted molar refractivity (Wildman–Crippen MR) is 76.9 cm³/mol. The van der Waals surface area contributed by atoms with E-state index in [0.29, 0.717) is 24.7 Å². The zero-order valence-corrected chi connectivity index (χ0v) is 12.2. The smallest absolute Gasteiger partial charge is 0.239 e. The van der Waals surface area contributed by atoms with Gasteiger partial charge < -0.3 is 10.6 Å². The van der Waals surface area contributed by atoms with E-state index in [9.17, 15) is 9.18 Å². The molecule has 1 aliphatic heterocycles. The Labute approximate surface area is 123 Å². The van der Waals surface area contributed by atoms with Crippen LogP contribution in [-0.4, -0.2) is 47.9 Å². The second kappa shape index (κ2) is 6.52. The van der Waals surface area contributed by atoms with Crippen molar-refractivity contribution < 1.29 is 9.18 Å². The maximum Gasteiger partial charge on any atom is 0.239 e. The Balaban J connectivity index is 1.90. The van der Waals surface area contributed by atoms with Gasteiger partial charge in [0.1, 0.15) is 5.82 Å². The number of hydrogen-bond acceptors (Lipinski definition) is 3. The van der Waals surface area contributed by atoms with Gasteiger partial charge in [-0.2, -0.15) is 0 Å². The molecule has 0 bridgehead atoms. The third kappa shape index (κ3) is 3.69. The Morgan fingerprint density at radius 2 is 2.05 bits per heavy atom. The van der Waals surface area contributed by atoms with Gasteiger partial charge in [0.05, 0.1) is 6.04 Å². The molecule has 1 fully saturated rings. The molecular weight excluding hydrogens is 281 g/mol. The van der Waals surface area contributed by atoms with Gasteiger partial charge in [-0.15, -0.1) is 0 Å². The molecule has 6 heteroatoms. The number of rotatable bonds is 3. The maximum atomic E-state index is 13.0. The first-order valence-electron chi connectivity index (χ1n) is 6.68. The van der Waals surface area contributed by atoms with Crippen molar-refractivity contribution in [2.45, 2.75) is 19.5 Å². The van der Waals surface area contributed by atoms with Crippen molar-refractivity contribution in [3.63, 3.8) is 0 Å². The molecule has 1 aromatic carbocycles. The lowest BCUT2D eigenvalue weighted by atomic mass is 10.2. The van der Waals surface area contributed by atoms with Crippen molar-refractivity contribution in [2.75, 3.05) is 26.2 Å². The van der Waals surface area contributed by atoms with Crippen LogP contribution in [0.1, 0.15) is 12.5 Å². The van der Waals surface area contributed by atoms with Gasteiger partial charge in [0, 0.05) is 37.7 Å². The van der Waals surface area contributed by atoms with E-state index >= 15 is 0 Å². The van der Waals surface area contributed by atoms with E-state index in [0.717, 1.165) is 18.7 Å². The first kappa shape index (κ1) is 15.2. The first-order chi connectivity index (χ1) is 9.47. The second-order valence-corrected chi connectivity index (χ2v) is 5.53. The average molecular weight is 300 g/mol. The number of carbonyl (C=O) groups is 1. The third-order valence-electron chi connectivity index (χ3n) is 3.48. The Kier molecular flexibility index (Phi) is 4.96. The molecule has 4 nitrogen and oxygen atoms in total. The van der Waals surface area contributed by atoms with Crippen LogP contribution in [0.5, 0.6) is 0 Å². The van der Waals surface area contributed by atoms with Crippen LogP contribution >= 0.6 is 11.6 Å². The van der Waals surface area contributed by atoms with E-state index in [-0.39, 0.29) is 11.7 Å². The normalized spacial score (nSPS) is 18.1. The van der Waals surface area contributed by atoms with Gasteiger partial charge in [0.2, 0.25) is 5.91 Å². The maximum absolute atomic E-state index is 13.0. The molecule has 1 atom stereocenters. The minimum atomic E-state index is -0.451. The van der Waals surface area contributed by atoms with Crippen molar-refractivity contribution in [1.29, 1.82) is 0 Å². The molecular formula is C14H19ClFN3O. The predicted octanol–water partition coefficient (Wildman–Crippen LogP) is 1.47. The number of nitrogens with zero attached hydrogens (tertiary/aromatic N) is 2. The fourth-order valence-corrected chi connectivity index (χ4v) is 2.53. The van der Waals surface area contributed by atoms with E-state index in [1.165, 1.54) is 12.1 Å². The zero-order chi connectivity index (χ0) is 14.7. The molecule has 0 aromatic heterocycles. The summed E-state index contributed by atoms with van der Waals surface area (Å²) in [6.45, 7) is 5.24. The van der Waals surface area contributed by atoms with Crippen LogP contribution in [0.4, 0.5) is 4.39 Å². The molecule has 2 rings (SSSR count). The highest BCUT2D eigenvalue weighted by Gasteiger charge is 2.23. The lowest BCUT2D eigenvalue weighted by molar-refractivity contribution is -0.134. The molecule has 110 valence electrons. The second-order valence-electron chi connectivity index (χ2n) is 5.13. The van der Waals surface area contributed by atoms with Gasteiger partial charge in [0.25, 0.3) is 0 Å². The summed E-state index contributed by atoms with van der Waals surface area (Å²) < 4.78 is 13.0. The Morgan fingerprint density at radius 3 is 2.60 bits per heavy atom. The van der Waals surface area contributed by atoms with E-state index in [1.54, 1.807) is 17.9 Å². The lowest BCUT2D eigenvalue weighted by Gasteiger charge is -2.35. The molecule has 0 unspecified atom stereocenters. The van der Waals surface area contributed by atoms with E-state index in [4.69, 9.17) is 17.3 Å². The summed E-state index contributed by atoms with van der Waals surface area (Å²) in [4.78, 5) is 15.8. The molecule has 1 aromatic rings. The van der Waals surface area contributed by atoms with Crippen molar-refractivity contribution in [1.82, 2.24) is 9.80 Å². The largest absolute Gasteiger partial charge is 0.339 e. The fraction of sp³-hybridized carbons (Fsp3) is 0.500. The molecule has 0 radical (unpaired) electrons. The van der Waals surface area contributed by atoms with E-state index in [1.807, 2.05) is 0 Å². The van der Waals surface area contributed by atoms with Crippen LogP contribution in [-0.2, 0) is 11.3 Å². The Hall–Kier alpha value is -1.17. The summed E-state index contributed by atoms with van der Waals surface area (Å²) >= 11 is 6.02. The molecule has 1 aliphatic rings. The number of nitrogens with two attached hydrogens (primary N) is 1. The summed E-state index contributed by atoms with van der Waals surface area (Å²) in [5.41, 5.74) is 6.50. The first-order valence-corrected chi connectivity index (χ1v) is 7.06. The minimum absolute atomic E-state index is 0.00976. The van der Waals surface area contributed by atoms with Crippen molar-refractivity contribution in [2.24, 2.45) is 5.73 Å². The van der Waals surface area contributed by atoms with Crippen LogP contribution in [0.25, 0.3) is 0 Å². The number of carbonyl (C=O) groups excluding carboxylic acids is 1. The number of halogens is 2. The highest BCUT2D eigenvalue weighted by Crippen LogP contribution is 2.19. The van der Waals surface area contributed by atoms with Gasteiger partial charge in [-0.1, -0.05) is 17.7 Å². The SMILES string of the molecule is C[C@@H](N)C(=O)N1CCN(Cc2ccc(F)cc2Cl)CC1. The minimum Gasteiger partial charge on any atom is -0.339 e. The van der Waals surface area contributed by atoms with Gasteiger partial charge in [-0.3, -0.25) is 9.69 Å². The summed E-state index contributed by atoms with van der Waals surface area (Å²) in [7, 11) is 0. The van der Waals surface area contributed by atoms with Crippen LogP contribution in [0.15, 0.2) is 18.2 Å². The van der Waals surface area contributed by atoms with E-state index < -0.39 is 6.04 Å². The van der Waals surface area contributed by atoms with Crippen LogP contribution < -0.4 is 5.73 Å². The topological polar surface area (TPSA) is 49.6 Å². The summed E-state index contributed by atoms with van der Waals surface area (Å²) in [5, 5.41) is 0.444. The van der Waals surface area contributed by atoms with Crippen LogP contribution in [0.3, 0.4) is 0 Å². The Morgan fingerprint density at radius 1 is 1.40 bits per heavy atom. The van der Waals surface area contributed by atoms with E-state index in [2.05, 4.69) is 4.90 Å². The molecule has 20 heavy (non-hydrogen) atoms. The van der Waals surface area contributed by atoms with Crippen molar-refractivity contribution in [3.8, 4) is 0 Å².